The lowest BCUT2D eigenvalue weighted by Gasteiger charge is -2.15. The number of aryl methyl sites for hydroxylation is 2. The van der Waals surface area contributed by atoms with E-state index >= 15 is 0 Å². The average molecular weight is 495 g/mol. The molecule has 4 aromatic rings. The Hall–Kier alpha value is -3.89. The zero-order valence-electron chi connectivity index (χ0n) is 21.8. The Bertz CT molecular complexity index is 1430. The van der Waals surface area contributed by atoms with E-state index in [1.807, 2.05) is 12.1 Å². The van der Waals surface area contributed by atoms with Gasteiger partial charge in [-0.15, -0.1) is 0 Å². The van der Waals surface area contributed by atoms with Crippen molar-refractivity contribution in [3.05, 3.63) is 102 Å². The molecule has 0 amide bonds. The van der Waals surface area contributed by atoms with Crippen molar-refractivity contribution < 1.29 is 19.4 Å². The van der Waals surface area contributed by atoms with Gasteiger partial charge in [0.25, 0.3) is 0 Å². The van der Waals surface area contributed by atoms with E-state index < -0.39 is 5.97 Å². The molecule has 0 unspecified atom stereocenters. The number of hydrogen-bond donors (Lipinski definition) is 1. The number of carbonyl (C=O) groups excluding carboxylic acids is 1. The summed E-state index contributed by atoms with van der Waals surface area (Å²) in [5.74, 6) is 0.281. The Labute approximate surface area is 219 Å². The molecule has 0 saturated carbocycles. The fraction of sp³-hybridized carbons (Fsp3) is 0.242. The van der Waals surface area contributed by atoms with Gasteiger partial charge in [0.1, 0.15) is 12.4 Å². The van der Waals surface area contributed by atoms with E-state index in [2.05, 4.69) is 81.1 Å². The summed E-state index contributed by atoms with van der Waals surface area (Å²) in [6.45, 7) is 9.92. The highest BCUT2D eigenvalue weighted by Gasteiger charge is 2.12. The van der Waals surface area contributed by atoms with Crippen molar-refractivity contribution in [2.24, 2.45) is 0 Å². The fourth-order valence-electron chi connectivity index (χ4n) is 4.51. The third-order valence-electron chi connectivity index (χ3n) is 6.49. The summed E-state index contributed by atoms with van der Waals surface area (Å²) in [6, 6.07) is 25.9. The van der Waals surface area contributed by atoms with Crippen molar-refractivity contribution in [2.45, 2.75) is 33.6 Å². The largest absolute Gasteiger partial charge is 0.491 e. The summed E-state index contributed by atoms with van der Waals surface area (Å²) in [5.41, 5.74) is 8.47. The second-order valence-corrected chi connectivity index (χ2v) is 9.35. The highest BCUT2D eigenvalue weighted by atomic mass is 16.5. The molecule has 0 bridgehead atoms. The van der Waals surface area contributed by atoms with Gasteiger partial charge in [-0.2, -0.15) is 0 Å². The molecule has 0 heterocycles. The van der Waals surface area contributed by atoms with E-state index in [0.29, 0.717) is 17.7 Å². The Balaban J connectivity index is 1.64. The Kier molecular flexibility index (Phi) is 8.42. The molecule has 190 valence electrons. The number of benzene rings is 4. The number of aliphatic hydroxyl groups is 1. The van der Waals surface area contributed by atoms with E-state index in [9.17, 15) is 9.90 Å². The van der Waals surface area contributed by atoms with E-state index in [0.717, 1.165) is 23.1 Å². The van der Waals surface area contributed by atoms with Crippen LogP contribution in [0, 0.1) is 6.92 Å². The number of aliphatic hydroxyl groups excluding tert-OH is 1. The van der Waals surface area contributed by atoms with Crippen LogP contribution in [0.3, 0.4) is 0 Å². The van der Waals surface area contributed by atoms with Crippen LogP contribution in [0.1, 0.15) is 30.5 Å². The van der Waals surface area contributed by atoms with Crippen LogP contribution in [0.5, 0.6) is 5.75 Å². The number of carbonyl (C=O) groups is 1. The molecular formula is C33H34O4. The van der Waals surface area contributed by atoms with Gasteiger partial charge in [-0.1, -0.05) is 73.7 Å². The molecule has 4 aromatic carbocycles. The summed E-state index contributed by atoms with van der Waals surface area (Å²) in [7, 11) is 0. The predicted octanol–water partition coefficient (Wildman–Crippen LogP) is 7.08. The molecule has 0 aromatic heterocycles. The first-order valence-electron chi connectivity index (χ1n) is 12.7. The third kappa shape index (κ3) is 6.28. The first kappa shape index (κ1) is 26.2. The van der Waals surface area contributed by atoms with Gasteiger partial charge >= 0.3 is 5.97 Å². The molecule has 37 heavy (non-hydrogen) atoms. The minimum absolute atomic E-state index is 0.0679. The highest BCUT2D eigenvalue weighted by Crippen LogP contribution is 2.33. The predicted molar refractivity (Wildman–Crippen MR) is 151 cm³/mol. The smallest absolute Gasteiger partial charge is 0.333 e. The van der Waals surface area contributed by atoms with Gasteiger partial charge in [0.05, 0.1) is 13.2 Å². The molecule has 0 spiro atoms. The van der Waals surface area contributed by atoms with E-state index in [-0.39, 0.29) is 19.8 Å². The van der Waals surface area contributed by atoms with Gasteiger partial charge in [-0.3, -0.25) is 0 Å². The van der Waals surface area contributed by atoms with Crippen LogP contribution in [-0.2, 0) is 22.4 Å². The van der Waals surface area contributed by atoms with E-state index in [1.165, 1.54) is 33.0 Å². The first-order valence-corrected chi connectivity index (χ1v) is 12.7. The van der Waals surface area contributed by atoms with E-state index in [1.54, 1.807) is 6.92 Å². The maximum Gasteiger partial charge on any atom is 0.333 e. The summed E-state index contributed by atoms with van der Waals surface area (Å²) in [5, 5.41) is 11.7. The molecule has 1 N–H and O–H groups in total. The molecule has 0 aliphatic rings. The van der Waals surface area contributed by atoms with Crippen LogP contribution >= 0.6 is 0 Å². The average Bonchev–Trinajstić information content (AvgIpc) is 2.91. The Morgan fingerprint density at radius 2 is 1.51 bits per heavy atom. The molecule has 4 rings (SSSR count). The first-order chi connectivity index (χ1) is 17.9. The highest BCUT2D eigenvalue weighted by molar-refractivity contribution is 5.89. The van der Waals surface area contributed by atoms with Gasteiger partial charge in [-0.05, 0) is 82.6 Å². The molecule has 0 fully saturated rings. The van der Waals surface area contributed by atoms with E-state index in [4.69, 9.17) is 9.47 Å². The second-order valence-electron chi connectivity index (χ2n) is 9.35. The van der Waals surface area contributed by atoms with Crippen molar-refractivity contribution in [2.75, 3.05) is 19.8 Å². The van der Waals surface area contributed by atoms with Gasteiger partial charge in [-0.25, -0.2) is 4.79 Å². The van der Waals surface area contributed by atoms with Crippen LogP contribution < -0.4 is 4.74 Å². The normalized spacial score (nSPS) is 10.9. The quantitative estimate of drug-likeness (QED) is 0.189. The minimum atomic E-state index is -0.402. The molecule has 0 aliphatic carbocycles. The second kappa shape index (κ2) is 11.9. The van der Waals surface area contributed by atoms with Gasteiger partial charge in [0, 0.05) is 12.0 Å². The zero-order chi connectivity index (χ0) is 26.4. The minimum Gasteiger partial charge on any atom is -0.491 e. The van der Waals surface area contributed by atoms with Crippen molar-refractivity contribution in [1.29, 1.82) is 0 Å². The number of esters is 1. The summed E-state index contributed by atoms with van der Waals surface area (Å²) < 4.78 is 11.0. The van der Waals surface area contributed by atoms with Gasteiger partial charge in [0.15, 0.2) is 0 Å². The van der Waals surface area contributed by atoms with Crippen LogP contribution in [-0.4, -0.2) is 30.9 Å². The van der Waals surface area contributed by atoms with Gasteiger partial charge in [0.2, 0.25) is 0 Å². The third-order valence-corrected chi connectivity index (χ3v) is 6.49. The number of fused-ring (bicyclic) bond motifs is 1. The maximum absolute atomic E-state index is 11.8. The summed E-state index contributed by atoms with van der Waals surface area (Å²) in [4.78, 5) is 11.8. The van der Waals surface area contributed by atoms with Gasteiger partial charge < -0.3 is 14.6 Å². The van der Waals surface area contributed by atoms with Crippen molar-refractivity contribution in [3.63, 3.8) is 0 Å². The Morgan fingerprint density at radius 3 is 2.24 bits per heavy atom. The molecule has 0 atom stereocenters. The SMILES string of the molecule is C=C(C)C(=O)OCCc1cc(-c2ccc(-c3ccc4cc(C)ccc4c3)c(CC)c2)ccc1OCCO. The molecule has 4 nitrogen and oxygen atoms in total. The Morgan fingerprint density at radius 1 is 0.838 bits per heavy atom. The molecule has 0 saturated heterocycles. The monoisotopic (exact) mass is 494 g/mol. The van der Waals surface area contributed by atoms with Crippen LogP contribution in [0.15, 0.2) is 84.9 Å². The lowest BCUT2D eigenvalue weighted by molar-refractivity contribution is -0.138. The number of ether oxygens (including phenoxy) is 2. The van der Waals surface area contributed by atoms with Crippen LogP contribution in [0.4, 0.5) is 0 Å². The van der Waals surface area contributed by atoms with Crippen LogP contribution in [0.2, 0.25) is 0 Å². The zero-order valence-corrected chi connectivity index (χ0v) is 21.8. The van der Waals surface area contributed by atoms with Crippen molar-refractivity contribution >= 4 is 16.7 Å². The lowest BCUT2D eigenvalue weighted by Crippen LogP contribution is -2.10. The van der Waals surface area contributed by atoms with Crippen molar-refractivity contribution in [3.8, 4) is 28.0 Å². The van der Waals surface area contributed by atoms with Crippen LogP contribution in [0.25, 0.3) is 33.0 Å². The standard InChI is InChI=1S/C33H34O4/c1-5-24-19-27(10-12-31(24)29-9-8-25-18-23(4)6-7-26(25)20-29)28-11-13-32(36-17-15-34)30(21-28)14-16-37-33(35)22(2)3/h6-13,18-21,34H,2,5,14-17H2,1,3-4H3. The number of hydrogen-bond acceptors (Lipinski definition) is 4. The molecule has 0 radical (unpaired) electrons. The molecule has 4 heteroatoms. The topological polar surface area (TPSA) is 55.8 Å². The fourth-order valence-corrected chi connectivity index (χ4v) is 4.51. The lowest BCUT2D eigenvalue weighted by atomic mass is 9.92. The maximum atomic E-state index is 11.8. The molecular weight excluding hydrogens is 460 g/mol. The van der Waals surface area contributed by atoms with Crippen molar-refractivity contribution in [1.82, 2.24) is 0 Å². The molecule has 0 aliphatic heterocycles. The number of rotatable bonds is 10. The summed E-state index contributed by atoms with van der Waals surface area (Å²) >= 11 is 0. The summed E-state index contributed by atoms with van der Waals surface area (Å²) in [6.07, 6.45) is 1.42.